The van der Waals surface area contributed by atoms with Crippen LogP contribution in [0.15, 0.2) is 48.8 Å². The topological polar surface area (TPSA) is 159 Å². The van der Waals surface area contributed by atoms with Gasteiger partial charge in [-0.1, -0.05) is 63.1 Å². The molecule has 1 saturated heterocycles. The van der Waals surface area contributed by atoms with Crippen molar-refractivity contribution in [1.82, 2.24) is 24.6 Å². The molecule has 2 aromatic carbocycles. The van der Waals surface area contributed by atoms with E-state index in [1.54, 1.807) is 38.2 Å². The van der Waals surface area contributed by atoms with Crippen LogP contribution in [0.25, 0.3) is 21.9 Å². The average molecular weight is 669 g/mol. The number of carbonyl (C=O) groups excluding carboxylic acids is 1. The number of hydrogen-bond acceptors (Lipinski definition) is 11. The third-order valence-corrected chi connectivity index (χ3v) is 9.05. The SMILES string of the molecule is C#C[C@@]1(F)[C@H](O)[C@@H](CO[P@@](=O)(N[C@H](C)C(=O)OCC(C)(C)C)Oc2cccc3ccccc23)O[C@H]1n1cnc2c(NC)nc(C)nc21. The normalized spacial score (nSPS) is 23.3. The Morgan fingerprint density at radius 1 is 1.26 bits per heavy atom. The number of aliphatic hydroxyl groups excluding tert-OH is 1. The van der Waals surface area contributed by atoms with Gasteiger partial charge in [-0.05, 0) is 30.7 Å². The van der Waals surface area contributed by atoms with Crippen molar-refractivity contribution in [2.45, 2.75) is 64.8 Å². The molecule has 13 nitrogen and oxygen atoms in total. The number of carbonyl (C=O) groups is 1. The van der Waals surface area contributed by atoms with E-state index < -0.39 is 50.5 Å². The number of alkyl halides is 1. The molecule has 0 radical (unpaired) electrons. The first-order valence-electron chi connectivity index (χ1n) is 14.9. The van der Waals surface area contributed by atoms with Crippen LogP contribution in [-0.4, -0.2) is 74.8 Å². The lowest BCUT2D eigenvalue weighted by Gasteiger charge is -2.26. The maximum Gasteiger partial charge on any atom is 0.459 e. The third-order valence-electron chi connectivity index (χ3n) is 7.42. The van der Waals surface area contributed by atoms with Gasteiger partial charge in [0.05, 0.1) is 19.5 Å². The number of esters is 1. The number of aryl methyl sites for hydroxylation is 1. The van der Waals surface area contributed by atoms with Crippen molar-refractivity contribution in [3.63, 3.8) is 0 Å². The van der Waals surface area contributed by atoms with E-state index in [0.29, 0.717) is 22.5 Å². The van der Waals surface area contributed by atoms with Gasteiger partial charge >= 0.3 is 13.7 Å². The summed E-state index contributed by atoms with van der Waals surface area (Å²) in [5.41, 5.74) is -2.53. The Hall–Kier alpha value is -4.12. The molecule has 1 fully saturated rings. The van der Waals surface area contributed by atoms with E-state index >= 15 is 4.39 Å². The lowest BCUT2D eigenvalue weighted by atomic mass is 9.97. The van der Waals surface area contributed by atoms with Crippen LogP contribution in [0, 0.1) is 24.7 Å². The van der Waals surface area contributed by atoms with Crippen LogP contribution in [0.3, 0.4) is 0 Å². The molecule has 15 heteroatoms. The molecule has 0 aliphatic carbocycles. The maximum absolute atomic E-state index is 16.4. The zero-order valence-electron chi connectivity index (χ0n) is 26.9. The number of fused-ring (bicyclic) bond motifs is 2. The zero-order chi connectivity index (χ0) is 34.1. The van der Waals surface area contributed by atoms with Crippen molar-refractivity contribution in [3.8, 4) is 18.1 Å². The number of ether oxygens (including phenoxy) is 2. The number of hydrogen-bond donors (Lipinski definition) is 3. The van der Waals surface area contributed by atoms with E-state index in [4.69, 9.17) is 24.9 Å². The molecule has 47 heavy (non-hydrogen) atoms. The Balaban J connectivity index is 1.43. The summed E-state index contributed by atoms with van der Waals surface area (Å²) in [5.74, 6) is 2.30. The summed E-state index contributed by atoms with van der Waals surface area (Å²) in [7, 11) is -2.79. The predicted octanol–water partition coefficient (Wildman–Crippen LogP) is 4.70. The molecule has 0 amide bonds. The first kappa shape index (κ1) is 34.2. The van der Waals surface area contributed by atoms with E-state index in [0.717, 1.165) is 5.39 Å². The molecule has 0 spiro atoms. The second kappa shape index (κ2) is 13.2. The molecule has 3 heterocycles. The second-order valence-corrected chi connectivity index (χ2v) is 14.2. The average Bonchev–Trinajstić information content (AvgIpc) is 3.56. The predicted molar refractivity (Wildman–Crippen MR) is 173 cm³/mol. The number of nitrogens with zero attached hydrogens (tertiary/aromatic N) is 4. The van der Waals surface area contributed by atoms with Gasteiger partial charge in [0.1, 0.15) is 29.8 Å². The number of imidazole rings is 1. The van der Waals surface area contributed by atoms with Crippen molar-refractivity contribution < 1.29 is 37.4 Å². The molecule has 0 bridgehead atoms. The number of benzene rings is 2. The zero-order valence-corrected chi connectivity index (χ0v) is 27.8. The van der Waals surface area contributed by atoms with Crippen molar-refractivity contribution in [3.05, 3.63) is 54.6 Å². The van der Waals surface area contributed by atoms with Gasteiger partial charge in [0.15, 0.2) is 23.2 Å². The van der Waals surface area contributed by atoms with Crippen LogP contribution >= 0.6 is 7.75 Å². The Morgan fingerprint density at radius 2 is 1.98 bits per heavy atom. The van der Waals surface area contributed by atoms with Gasteiger partial charge < -0.3 is 24.4 Å². The lowest BCUT2D eigenvalue weighted by molar-refractivity contribution is -0.148. The minimum absolute atomic E-state index is 0.116. The molecule has 1 aliphatic heterocycles. The van der Waals surface area contributed by atoms with E-state index in [1.165, 1.54) is 17.8 Å². The smallest absolute Gasteiger partial charge is 0.459 e. The Kier molecular flexibility index (Phi) is 9.59. The molecule has 5 rings (SSSR count). The molecule has 1 aliphatic rings. The summed E-state index contributed by atoms with van der Waals surface area (Å²) in [5, 5.41) is 18.1. The molecule has 0 unspecified atom stereocenters. The fourth-order valence-corrected chi connectivity index (χ4v) is 6.57. The highest BCUT2D eigenvalue weighted by Gasteiger charge is 2.58. The minimum Gasteiger partial charge on any atom is -0.464 e. The Morgan fingerprint density at radius 3 is 2.68 bits per heavy atom. The molecular formula is C32H38FN6O7P. The van der Waals surface area contributed by atoms with E-state index in [1.807, 2.05) is 44.9 Å². The quantitative estimate of drug-likeness (QED) is 0.115. The highest BCUT2D eigenvalue weighted by Crippen LogP contribution is 2.49. The largest absolute Gasteiger partial charge is 0.464 e. The van der Waals surface area contributed by atoms with Crippen LogP contribution < -0.4 is 14.9 Å². The number of halogens is 1. The number of aliphatic hydroxyl groups is 1. The number of anilines is 1. The van der Waals surface area contributed by atoms with E-state index in [-0.39, 0.29) is 23.4 Å². The summed E-state index contributed by atoms with van der Waals surface area (Å²) in [4.78, 5) is 25.8. The lowest BCUT2D eigenvalue weighted by Crippen LogP contribution is -2.42. The standard InChI is InChI=1S/C32H38FN6O7P/c1-8-32(33)26(40)24(45-30(32)39-18-35-25-27(34-7)36-20(3)37-28(25)39)16-44-47(42,38-19(2)29(41)43-17-31(4,5)6)46-23-15-11-13-21-12-9-10-14-22(21)23/h1,9-15,18-19,24,26,30,40H,16-17H2,2-7H3,(H,38,42)(H,34,36,37)/t19-,24-,26-,30-,32-,47+/m1/s1. The molecule has 2 aromatic heterocycles. The second-order valence-electron chi connectivity index (χ2n) is 12.5. The molecule has 6 atom stereocenters. The highest BCUT2D eigenvalue weighted by atomic mass is 31.2. The maximum atomic E-state index is 16.4. The van der Waals surface area contributed by atoms with Crippen LogP contribution in [0.2, 0.25) is 0 Å². The van der Waals surface area contributed by atoms with Gasteiger partial charge in [-0.15, -0.1) is 6.42 Å². The fraction of sp³-hybridized carbons (Fsp3) is 0.438. The Labute approximate surface area is 271 Å². The third kappa shape index (κ3) is 7.10. The molecule has 4 aromatic rings. The van der Waals surface area contributed by atoms with Gasteiger partial charge in [-0.2, -0.15) is 5.09 Å². The first-order chi connectivity index (χ1) is 22.2. The van der Waals surface area contributed by atoms with Crippen molar-refractivity contribution in [1.29, 1.82) is 0 Å². The summed E-state index contributed by atoms with van der Waals surface area (Å²) >= 11 is 0. The van der Waals surface area contributed by atoms with Gasteiger partial charge in [-0.25, -0.2) is 23.9 Å². The van der Waals surface area contributed by atoms with Crippen LogP contribution in [0.4, 0.5) is 10.2 Å². The van der Waals surface area contributed by atoms with Crippen molar-refractivity contribution in [2.24, 2.45) is 5.41 Å². The monoisotopic (exact) mass is 668 g/mol. The molecule has 3 N–H and O–H groups in total. The summed E-state index contributed by atoms with van der Waals surface area (Å²) < 4.78 is 55.1. The van der Waals surface area contributed by atoms with Gasteiger partial charge in [-0.3, -0.25) is 13.9 Å². The van der Waals surface area contributed by atoms with Gasteiger partial charge in [0.2, 0.25) is 5.67 Å². The molecule has 0 saturated carbocycles. The molecular weight excluding hydrogens is 630 g/mol. The summed E-state index contributed by atoms with van der Waals surface area (Å²) in [6, 6.07) is 11.3. The van der Waals surface area contributed by atoms with Crippen LogP contribution in [0.5, 0.6) is 5.75 Å². The van der Waals surface area contributed by atoms with E-state index in [9.17, 15) is 14.5 Å². The summed E-state index contributed by atoms with van der Waals surface area (Å²) in [6.45, 7) is 8.27. The van der Waals surface area contributed by atoms with Crippen LogP contribution in [0.1, 0.15) is 39.7 Å². The number of nitrogens with one attached hydrogen (secondary N) is 2. The number of terminal acetylenes is 1. The Bertz CT molecular complexity index is 1870. The van der Waals surface area contributed by atoms with Gasteiger partial charge in [0.25, 0.3) is 0 Å². The minimum atomic E-state index is -4.45. The number of rotatable bonds is 11. The van der Waals surface area contributed by atoms with Crippen LogP contribution in [-0.2, 0) is 23.4 Å². The van der Waals surface area contributed by atoms with Gasteiger partial charge in [0, 0.05) is 12.4 Å². The number of aromatic nitrogens is 4. The van der Waals surface area contributed by atoms with Crippen molar-refractivity contribution in [2.75, 3.05) is 25.6 Å². The fourth-order valence-electron chi connectivity index (χ4n) is 5.05. The van der Waals surface area contributed by atoms with Crippen molar-refractivity contribution >= 4 is 41.5 Å². The van der Waals surface area contributed by atoms with E-state index in [2.05, 4.69) is 25.4 Å². The first-order valence-corrected chi connectivity index (χ1v) is 16.5. The molecule has 250 valence electrons. The summed E-state index contributed by atoms with van der Waals surface area (Å²) in [6.07, 6.45) is 1.95. The highest BCUT2D eigenvalue weighted by molar-refractivity contribution is 7.52.